The maximum atomic E-state index is 12.4. The molecule has 4 nitrogen and oxygen atoms in total. The Balaban J connectivity index is 2.10. The number of aromatic nitrogens is 1. The highest BCUT2D eigenvalue weighted by molar-refractivity contribution is 6.30. The van der Waals surface area contributed by atoms with Gasteiger partial charge in [-0.15, -0.1) is 0 Å². The Morgan fingerprint density at radius 1 is 1.67 bits per heavy atom. The van der Waals surface area contributed by atoms with Gasteiger partial charge in [0.2, 0.25) is 5.91 Å². The number of pyridine rings is 1. The van der Waals surface area contributed by atoms with Crippen LogP contribution in [0.3, 0.4) is 0 Å². The third-order valence-electron chi connectivity index (χ3n) is 3.42. The lowest BCUT2D eigenvalue weighted by Crippen LogP contribution is -2.38. The summed E-state index contributed by atoms with van der Waals surface area (Å²) in [6, 6.07) is 3.36. The van der Waals surface area contributed by atoms with E-state index in [4.69, 9.17) is 11.6 Å². The average molecular weight is 268 g/mol. The smallest absolute Gasteiger partial charge is 0.233 e. The first-order valence-electron chi connectivity index (χ1n) is 6.30. The van der Waals surface area contributed by atoms with E-state index in [0.29, 0.717) is 10.8 Å². The first-order valence-corrected chi connectivity index (χ1v) is 6.68. The molecule has 2 N–H and O–H groups in total. The van der Waals surface area contributed by atoms with Crippen LogP contribution < -0.4 is 10.6 Å². The van der Waals surface area contributed by atoms with Crippen LogP contribution in [0, 0.1) is 5.41 Å². The summed E-state index contributed by atoms with van der Waals surface area (Å²) in [7, 11) is 0. The Morgan fingerprint density at radius 3 is 3.11 bits per heavy atom. The third-order valence-corrected chi connectivity index (χ3v) is 3.65. The number of carbonyl (C=O) groups is 1. The number of nitrogens with zero attached hydrogens (tertiary/aromatic N) is 1. The van der Waals surface area contributed by atoms with E-state index in [1.54, 1.807) is 18.3 Å². The maximum absolute atomic E-state index is 12.4. The first kappa shape index (κ1) is 13.3. The van der Waals surface area contributed by atoms with Crippen LogP contribution in [0.1, 0.15) is 26.2 Å². The molecule has 1 aliphatic rings. The monoisotopic (exact) mass is 267 g/mol. The van der Waals surface area contributed by atoms with E-state index in [-0.39, 0.29) is 11.3 Å². The fraction of sp³-hybridized carbons (Fsp3) is 0.538. The summed E-state index contributed by atoms with van der Waals surface area (Å²) >= 11 is 5.88. The van der Waals surface area contributed by atoms with Crippen molar-refractivity contribution < 1.29 is 4.79 Å². The van der Waals surface area contributed by atoms with E-state index in [0.717, 1.165) is 32.4 Å². The van der Waals surface area contributed by atoms with Gasteiger partial charge in [-0.3, -0.25) is 4.79 Å². The molecule has 0 spiro atoms. The Kier molecular flexibility index (Phi) is 4.19. The van der Waals surface area contributed by atoms with Gasteiger partial charge in [-0.05, 0) is 31.5 Å². The predicted octanol–water partition coefficient (Wildman–Crippen LogP) is 2.45. The molecular weight excluding hydrogens is 250 g/mol. The summed E-state index contributed by atoms with van der Waals surface area (Å²) in [5, 5.41) is 6.72. The molecular formula is C13H18ClN3O. The van der Waals surface area contributed by atoms with Gasteiger partial charge in [0.15, 0.2) is 0 Å². The van der Waals surface area contributed by atoms with Crippen LogP contribution in [0.25, 0.3) is 0 Å². The largest absolute Gasteiger partial charge is 0.316 e. The zero-order chi connectivity index (χ0) is 13.0. The molecule has 1 aromatic rings. The second kappa shape index (κ2) is 5.67. The van der Waals surface area contributed by atoms with Crippen molar-refractivity contribution in [3.05, 3.63) is 23.4 Å². The van der Waals surface area contributed by atoms with Crippen molar-refractivity contribution in [3.8, 4) is 0 Å². The van der Waals surface area contributed by atoms with E-state index >= 15 is 0 Å². The van der Waals surface area contributed by atoms with Gasteiger partial charge in [-0.1, -0.05) is 24.9 Å². The van der Waals surface area contributed by atoms with Crippen molar-refractivity contribution in [2.45, 2.75) is 26.2 Å². The summed E-state index contributed by atoms with van der Waals surface area (Å²) in [6.07, 6.45) is 4.37. The van der Waals surface area contributed by atoms with E-state index in [1.807, 2.05) is 0 Å². The molecule has 2 rings (SSSR count). The Morgan fingerprint density at radius 2 is 2.50 bits per heavy atom. The molecule has 0 aromatic carbocycles. The summed E-state index contributed by atoms with van der Waals surface area (Å²) in [6.45, 7) is 3.74. The SMILES string of the molecule is CCCC1(C(=O)Nc2cc(Cl)ccn2)CCNC1. The molecule has 2 heterocycles. The molecule has 0 bridgehead atoms. The molecule has 1 amide bonds. The Bertz CT molecular complexity index is 430. The van der Waals surface area contributed by atoms with Gasteiger partial charge in [-0.2, -0.15) is 0 Å². The average Bonchev–Trinajstić information content (AvgIpc) is 2.79. The molecule has 0 aliphatic carbocycles. The minimum Gasteiger partial charge on any atom is -0.316 e. The van der Waals surface area contributed by atoms with E-state index in [9.17, 15) is 4.79 Å². The van der Waals surface area contributed by atoms with Gasteiger partial charge in [0.1, 0.15) is 5.82 Å². The molecule has 5 heteroatoms. The van der Waals surface area contributed by atoms with Crippen molar-refractivity contribution in [2.75, 3.05) is 18.4 Å². The minimum absolute atomic E-state index is 0.0455. The fourth-order valence-corrected chi connectivity index (χ4v) is 2.62. The number of hydrogen-bond donors (Lipinski definition) is 2. The van der Waals surface area contributed by atoms with Crippen molar-refractivity contribution >= 4 is 23.3 Å². The molecule has 1 atom stereocenters. The second-order valence-electron chi connectivity index (χ2n) is 4.77. The Hall–Kier alpha value is -1.13. The maximum Gasteiger partial charge on any atom is 0.233 e. The van der Waals surface area contributed by atoms with Crippen LogP contribution in [0.4, 0.5) is 5.82 Å². The van der Waals surface area contributed by atoms with Crippen LogP contribution in [0.5, 0.6) is 0 Å². The quantitative estimate of drug-likeness (QED) is 0.881. The molecule has 0 radical (unpaired) electrons. The lowest BCUT2D eigenvalue weighted by Gasteiger charge is -2.26. The van der Waals surface area contributed by atoms with Crippen LogP contribution in [-0.2, 0) is 4.79 Å². The van der Waals surface area contributed by atoms with E-state index in [1.165, 1.54) is 0 Å². The molecule has 1 saturated heterocycles. The van der Waals surface area contributed by atoms with Crippen molar-refractivity contribution in [1.29, 1.82) is 0 Å². The lowest BCUT2D eigenvalue weighted by atomic mass is 9.81. The molecule has 1 aromatic heterocycles. The number of carbonyl (C=O) groups excluding carboxylic acids is 1. The van der Waals surface area contributed by atoms with Crippen molar-refractivity contribution in [1.82, 2.24) is 10.3 Å². The number of amides is 1. The third kappa shape index (κ3) is 2.82. The zero-order valence-corrected chi connectivity index (χ0v) is 11.3. The van der Waals surface area contributed by atoms with E-state index in [2.05, 4.69) is 22.5 Å². The molecule has 1 aliphatic heterocycles. The predicted molar refractivity (Wildman–Crippen MR) is 72.7 cm³/mol. The van der Waals surface area contributed by atoms with Gasteiger partial charge in [0.05, 0.1) is 5.41 Å². The summed E-state index contributed by atoms with van der Waals surface area (Å²) in [4.78, 5) is 16.5. The van der Waals surface area contributed by atoms with Crippen LogP contribution in [0.2, 0.25) is 5.02 Å². The summed E-state index contributed by atoms with van der Waals surface area (Å²) in [5.41, 5.74) is -0.293. The highest BCUT2D eigenvalue weighted by atomic mass is 35.5. The number of anilines is 1. The molecule has 0 saturated carbocycles. The highest BCUT2D eigenvalue weighted by Crippen LogP contribution is 2.32. The number of halogens is 1. The second-order valence-corrected chi connectivity index (χ2v) is 5.21. The number of rotatable bonds is 4. The van der Waals surface area contributed by atoms with Crippen molar-refractivity contribution in [3.63, 3.8) is 0 Å². The summed E-state index contributed by atoms with van der Waals surface area (Å²) in [5.74, 6) is 0.569. The fourth-order valence-electron chi connectivity index (χ4n) is 2.47. The normalized spacial score (nSPS) is 23.0. The summed E-state index contributed by atoms with van der Waals surface area (Å²) < 4.78 is 0. The van der Waals surface area contributed by atoms with Gasteiger partial charge in [0, 0.05) is 17.8 Å². The van der Waals surface area contributed by atoms with Crippen LogP contribution in [0.15, 0.2) is 18.3 Å². The number of hydrogen-bond acceptors (Lipinski definition) is 3. The molecule has 18 heavy (non-hydrogen) atoms. The van der Waals surface area contributed by atoms with E-state index < -0.39 is 0 Å². The molecule has 1 unspecified atom stereocenters. The standard InChI is InChI=1S/C13H18ClN3O/c1-2-4-13(5-7-15-9-13)12(18)17-11-8-10(14)3-6-16-11/h3,6,8,15H,2,4-5,7,9H2,1H3,(H,16,17,18). The van der Waals surface area contributed by atoms with Gasteiger partial charge in [-0.25, -0.2) is 4.98 Å². The first-order chi connectivity index (χ1) is 8.66. The van der Waals surface area contributed by atoms with Crippen LogP contribution >= 0.6 is 11.6 Å². The number of nitrogens with one attached hydrogen (secondary N) is 2. The Labute approximate surface area is 112 Å². The molecule has 1 fully saturated rings. The lowest BCUT2D eigenvalue weighted by molar-refractivity contribution is -0.125. The van der Waals surface area contributed by atoms with Gasteiger partial charge >= 0.3 is 0 Å². The van der Waals surface area contributed by atoms with Crippen molar-refractivity contribution in [2.24, 2.45) is 5.41 Å². The highest BCUT2D eigenvalue weighted by Gasteiger charge is 2.40. The van der Waals surface area contributed by atoms with Gasteiger partial charge in [0.25, 0.3) is 0 Å². The minimum atomic E-state index is -0.293. The molecule has 98 valence electrons. The topological polar surface area (TPSA) is 54.0 Å². The van der Waals surface area contributed by atoms with Crippen LogP contribution in [-0.4, -0.2) is 24.0 Å². The van der Waals surface area contributed by atoms with Gasteiger partial charge < -0.3 is 10.6 Å². The zero-order valence-electron chi connectivity index (χ0n) is 10.5.